The molecule has 2 aromatic rings. The molecule has 2 aromatic carbocycles. The molecular weight excluding hydrogens is 650 g/mol. The van der Waals surface area contributed by atoms with Crippen molar-refractivity contribution in [2.45, 2.75) is 137 Å². The van der Waals surface area contributed by atoms with Crippen LogP contribution in [0.1, 0.15) is 128 Å². The molecule has 0 radical (unpaired) electrons. The predicted molar refractivity (Wildman–Crippen MR) is 197 cm³/mol. The molecule has 0 fully saturated rings. The van der Waals surface area contributed by atoms with Gasteiger partial charge in [-0.05, 0) is 80.0 Å². The average molecular weight is 715 g/mol. The Balaban J connectivity index is 0.00000148. The summed E-state index contributed by atoms with van der Waals surface area (Å²) in [6, 6.07) is 8.91. The fourth-order valence-corrected chi connectivity index (χ4v) is 6.51. The molecule has 9 nitrogen and oxygen atoms in total. The zero-order valence-electron chi connectivity index (χ0n) is 31.7. The smallest absolute Gasteiger partial charge is 0.334 e. The molecule has 0 amide bonds. The molecule has 0 bridgehead atoms. The molecule has 0 unspecified atom stereocenters. The van der Waals surface area contributed by atoms with E-state index in [2.05, 4.69) is 126 Å². The maximum absolute atomic E-state index is 12.8. The molecule has 48 heavy (non-hydrogen) atoms. The highest BCUT2D eigenvalue weighted by atomic mass is 31.2. The topological polar surface area (TPSA) is 171 Å². The van der Waals surface area contributed by atoms with Gasteiger partial charge < -0.3 is 40.0 Å². The summed E-state index contributed by atoms with van der Waals surface area (Å²) in [6.45, 7) is 28.9. The highest BCUT2D eigenvalue weighted by molar-refractivity contribution is 7.53. The fraction of sp³-hybridized carbons (Fsp3) is 0.676. The summed E-state index contributed by atoms with van der Waals surface area (Å²) in [5.41, 5.74) is 5.25. The number of rotatable bonds is 10. The minimum atomic E-state index is -2.61. The molecule has 0 saturated carbocycles. The standard InChI is InChI=1S/C37H60O4.H4O5P2/c1-24-15-26(32(3,4)5)17-30(34(9,10)11)28(24)19-37(41,36(21-38,22-39)23-40)20-29-25(2)16-27(33(6,7)8)18-31(29)35(12,13)14;1-6(2)5-7(3)4/h15-18,38-41H,19-23H2,1-14H3;1-4H. The lowest BCUT2D eigenvalue weighted by molar-refractivity contribution is -0.153. The van der Waals surface area contributed by atoms with E-state index < -0.39 is 48.0 Å². The molecule has 0 saturated heterocycles. The van der Waals surface area contributed by atoms with Crippen LogP contribution in [-0.4, -0.2) is 65.4 Å². The van der Waals surface area contributed by atoms with Crippen molar-refractivity contribution in [3.8, 4) is 0 Å². The second kappa shape index (κ2) is 16.5. The lowest BCUT2D eigenvalue weighted by Gasteiger charge is -2.46. The number of benzene rings is 2. The quantitative estimate of drug-likeness (QED) is 0.130. The zero-order valence-corrected chi connectivity index (χ0v) is 33.5. The first kappa shape index (κ1) is 45.0. The lowest BCUT2D eigenvalue weighted by Crippen LogP contribution is -2.58. The number of aliphatic hydroxyl groups is 4. The van der Waals surface area contributed by atoms with Crippen LogP contribution in [0.15, 0.2) is 24.3 Å². The van der Waals surface area contributed by atoms with E-state index in [-0.39, 0.29) is 34.5 Å². The van der Waals surface area contributed by atoms with E-state index in [1.165, 1.54) is 11.1 Å². The van der Waals surface area contributed by atoms with Gasteiger partial charge in [0.25, 0.3) is 0 Å². The Labute approximate surface area is 292 Å². The van der Waals surface area contributed by atoms with E-state index in [1.54, 1.807) is 0 Å². The van der Waals surface area contributed by atoms with Crippen LogP contribution in [-0.2, 0) is 38.8 Å². The van der Waals surface area contributed by atoms with Crippen LogP contribution < -0.4 is 0 Å². The summed E-state index contributed by atoms with van der Waals surface area (Å²) in [7, 11) is -5.22. The minimum Gasteiger partial charge on any atom is -0.395 e. The van der Waals surface area contributed by atoms with E-state index in [4.69, 9.17) is 19.6 Å². The van der Waals surface area contributed by atoms with E-state index in [0.29, 0.717) is 0 Å². The second-order valence-electron chi connectivity index (χ2n) is 17.4. The first-order valence-corrected chi connectivity index (χ1v) is 18.7. The molecule has 2 rings (SSSR count). The Morgan fingerprint density at radius 1 is 0.521 bits per heavy atom. The van der Waals surface area contributed by atoms with Crippen LogP contribution in [0.3, 0.4) is 0 Å². The molecule has 0 aromatic heterocycles. The van der Waals surface area contributed by atoms with Crippen molar-refractivity contribution in [2.75, 3.05) is 19.8 Å². The molecule has 0 spiro atoms. The van der Waals surface area contributed by atoms with Gasteiger partial charge in [-0.3, -0.25) is 0 Å². The Hall–Kier alpha value is -1.06. The normalized spacial score (nSPS) is 13.7. The highest BCUT2D eigenvalue weighted by Gasteiger charge is 2.51. The Bertz CT molecular complexity index is 1240. The van der Waals surface area contributed by atoms with Crippen molar-refractivity contribution in [2.24, 2.45) is 5.41 Å². The second-order valence-corrected chi connectivity index (χ2v) is 19.0. The van der Waals surface area contributed by atoms with E-state index in [0.717, 1.165) is 33.4 Å². The van der Waals surface area contributed by atoms with Gasteiger partial charge in [0.1, 0.15) is 0 Å². The number of aryl methyl sites for hydroxylation is 2. The van der Waals surface area contributed by atoms with Crippen LogP contribution in [0.2, 0.25) is 0 Å². The van der Waals surface area contributed by atoms with Gasteiger partial charge in [0.15, 0.2) is 0 Å². The molecule has 8 N–H and O–H groups in total. The Morgan fingerprint density at radius 3 is 1.00 bits per heavy atom. The summed E-state index contributed by atoms with van der Waals surface area (Å²) in [4.78, 5) is 31.3. The molecule has 0 aliphatic heterocycles. The third-order valence-corrected chi connectivity index (χ3v) is 10.4. The van der Waals surface area contributed by atoms with Crippen molar-refractivity contribution in [3.63, 3.8) is 0 Å². The van der Waals surface area contributed by atoms with Gasteiger partial charge >= 0.3 is 17.2 Å². The van der Waals surface area contributed by atoms with E-state index in [1.807, 2.05) is 0 Å². The van der Waals surface area contributed by atoms with E-state index >= 15 is 0 Å². The molecule has 0 atom stereocenters. The zero-order chi connectivity index (χ0) is 37.8. The van der Waals surface area contributed by atoms with Gasteiger partial charge in [-0.25, -0.2) is 4.31 Å². The first-order chi connectivity index (χ1) is 21.5. The van der Waals surface area contributed by atoms with E-state index in [9.17, 15) is 20.4 Å². The fourth-order valence-electron chi connectivity index (χ4n) is 5.99. The maximum Gasteiger partial charge on any atom is 0.334 e. The van der Waals surface area contributed by atoms with Crippen LogP contribution in [0.25, 0.3) is 0 Å². The number of hydrogen-bond acceptors (Lipinski definition) is 9. The average Bonchev–Trinajstić information content (AvgIpc) is 2.89. The Morgan fingerprint density at radius 2 is 0.812 bits per heavy atom. The van der Waals surface area contributed by atoms with Crippen LogP contribution in [0, 0.1) is 19.3 Å². The lowest BCUT2D eigenvalue weighted by atomic mass is 9.63. The van der Waals surface area contributed by atoms with Crippen molar-refractivity contribution in [3.05, 3.63) is 68.8 Å². The summed E-state index contributed by atoms with van der Waals surface area (Å²) < 4.78 is 3.60. The van der Waals surface area contributed by atoms with Crippen molar-refractivity contribution in [1.29, 1.82) is 0 Å². The molecule has 0 heterocycles. The molecular formula is C37H64O9P2. The molecule has 11 heteroatoms. The van der Waals surface area contributed by atoms with Gasteiger partial charge in [0, 0.05) is 12.8 Å². The van der Waals surface area contributed by atoms with Gasteiger partial charge in [-0.2, -0.15) is 0 Å². The van der Waals surface area contributed by atoms with Gasteiger partial charge in [0.05, 0.1) is 30.8 Å². The molecule has 0 aliphatic carbocycles. The number of hydrogen-bond donors (Lipinski definition) is 8. The highest BCUT2D eigenvalue weighted by Crippen LogP contribution is 2.44. The third kappa shape index (κ3) is 11.5. The van der Waals surface area contributed by atoms with Gasteiger partial charge in [-0.1, -0.05) is 107 Å². The maximum atomic E-state index is 12.8. The summed E-state index contributed by atoms with van der Waals surface area (Å²) in [6.07, 6.45) is 0.392. The van der Waals surface area contributed by atoms with Crippen molar-refractivity contribution >= 4 is 17.2 Å². The first-order valence-electron chi connectivity index (χ1n) is 16.4. The van der Waals surface area contributed by atoms with Crippen LogP contribution in [0.4, 0.5) is 0 Å². The summed E-state index contributed by atoms with van der Waals surface area (Å²) in [5, 5.41) is 44.9. The van der Waals surface area contributed by atoms with Crippen LogP contribution >= 0.6 is 17.2 Å². The summed E-state index contributed by atoms with van der Waals surface area (Å²) in [5.74, 6) is 0. The van der Waals surface area contributed by atoms with Crippen LogP contribution in [0.5, 0.6) is 0 Å². The SMILES string of the molecule is Cc1cc(C(C)(C)C)cc(C(C)(C)C)c1CC(O)(Cc1c(C)cc(C(C)(C)C)cc1C(C)(C)C)C(CO)(CO)CO.OP(O)OP(O)O. The minimum absolute atomic E-state index is 0.0435. The van der Waals surface area contributed by atoms with Crippen molar-refractivity contribution < 1.29 is 44.3 Å². The monoisotopic (exact) mass is 714 g/mol. The molecule has 276 valence electrons. The largest absolute Gasteiger partial charge is 0.395 e. The van der Waals surface area contributed by atoms with Crippen molar-refractivity contribution in [1.82, 2.24) is 0 Å². The Kier molecular flexibility index (Phi) is 15.5. The summed E-state index contributed by atoms with van der Waals surface area (Å²) >= 11 is 0. The predicted octanol–water partition coefficient (Wildman–Crippen LogP) is 6.40. The van der Waals surface area contributed by atoms with Gasteiger partial charge in [0.2, 0.25) is 0 Å². The number of aliphatic hydroxyl groups excluding tert-OH is 3. The third-order valence-electron chi connectivity index (χ3n) is 9.27. The van der Waals surface area contributed by atoms with Gasteiger partial charge in [-0.15, -0.1) is 0 Å². The molecule has 0 aliphatic rings.